The first kappa shape index (κ1) is 56.9. The molecule has 3 aromatic rings. The normalized spacial score (nSPS) is 17.0. The van der Waals surface area contributed by atoms with Crippen molar-refractivity contribution in [3.05, 3.63) is 130 Å². The molecule has 1 atom stereocenters. The number of benzene rings is 2. The number of aromatic nitrogens is 1. The minimum Gasteiger partial charge on any atom is -0.748 e. The zero-order chi connectivity index (χ0) is 47.5. The van der Waals surface area contributed by atoms with Crippen LogP contribution < -0.4 is 107 Å². The number of allylic oxidation sites excluding steroid dienone is 6. The van der Waals surface area contributed by atoms with Crippen molar-refractivity contribution in [2.75, 3.05) is 6.54 Å². The van der Waals surface area contributed by atoms with Crippen LogP contribution in [0.15, 0.2) is 128 Å². The fourth-order valence-corrected chi connectivity index (χ4v) is 8.67. The molecule has 20 heteroatoms. The van der Waals surface area contributed by atoms with Crippen molar-refractivity contribution in [2.24, 2.45) is 15.4 Å². The number of hydrogen-bond acceptors (Lipinski definition) is 13. The third-order valence-electron chi connectivity index (χ3n) is 11.4. The smallest absolute Gasteiger partial charge is 0.748 e. The summed E-state index contributed by atoms with van der Waals surface area (Å²) in [5, 5.41) is 7.96. The molecule has 0 radical (unpaired) electrons. The fraction of sp³-hybridized carbons (Fsp3) is 0.319. The van der Waals surface area contributed by atoms with Crippen LogP contribution in [0.3, 0.4) is 0 Å². The molecular weight excluding hydrogens is 971 g/mol. The van der Waals surface area contributed by atoms with Gasteiger partial charge in [0, 0.05) is 52.1 Å². The van der Waals surface area contributed by atoms with E-state index in [1.807, 2.05) is 68.8 Å². The Morgan fingerprint density at radius 3 is 1.93 bits per heavy atom. The molecule has 340 valence electrons. The zero-order valence-corrected chi connectivity index (χ0v) is 46.9. The number of fused-ring (bicyclic) bond motifs is 2. The summed E-state index contributed by atoms with van der Waals surface area (Å²) in [6, 6.07) is 12.5. The largest absolute Gasteiger partial charge is 1.00 e. The third kappa shape index (κ3) is 14.4. The quantitative estimate of drug-likeness (QED) is 0.0713. The molecule has 15 nitrogen and oxygen atoms in total. The van der Waals surface area contributed by atoms with Crippen LogP contribution in [0.5, 0.6) is 0 Å². The van der Waals surface area contributed by atoms with Crippen LogP contribution in [0.2, 0.25) is 0 Å². The molecule has 3 aliphatic rings. The molecule has 0 aliphatic carbocycles. The Kier molecular flexibility index (Phi) is 19.5. The number of amidine groups is 1. The number of carbonyl (C=O) groups is 1. The van der Waals surface area contributed by atoms with Gasteiger partial charge in [-0.15, -0.1) is 0 Å². The number of aryl methyl sites for hydroxylation is 1. The number of carboxylic acids is 1. The van der Waals surface area contributed by atoms with Gasteiger partial charge in [0.2, 0.25) is 0 Å². The Balaban J connectivity index is 0.00000490. The van der Waals surface area contributed by atoms with Crippen molar-refractivity contribution < 1.29 is 156 Å². The maximum Gasteiger partial charge on any atom is 1.00 e. The van der Waals surface area contributed by atoms with E-state index in [1.165, 1.54) is 55.5 Å². The van der Waals surface area contributed by atoms with Gasteiger partial charge in [0.05, 0.1) is 48.7 Å². The molecule has 2 aromatic carbocycles. The maximum absolute atomic E-state index is 11.8. The van der Waals surface area contributed by atoms with Gasteiger partial charge >= 0.3 is 115 Å². The summed E-state index contributed by atoms with van der Waals surface area (Å²) in [7, 11) is -13.8. The average Bonchev–Trinajstić information content (AvgIpc) is 3.63. The van der Waals surface area contributed by atoms with Gasteiger partial charge in [-0.2, -0.15) is 0 Å². The number of hydrogen-bond donors (Lipinski definition) is 1. The van der Waals surface area contributed by atoms with E-state index in [2.05, 4.69) is 23.7 Å². The van der Waals surface area contributed by atoms with Gasteiger partial charge in [-0.3, -0.25) is 4.79 Å². The third-order valence-corrected chi connectivity index (χ3v) is 14.3. The molecule has 0 bridgehead atoms. The van der Waals surface area contributed by atoms with E-state index in [0.717, 1.165) is 22.7 Å². The van der Waals surface area contributed by atoms with E-state index in [0.29, 0.717) is 59.6 Å². The van der Waals surface area contributed by atoms with E-state index < -0.39 is 52.4 Å². The Hall–Kier alpha value is -2.72. The summed E-state index contributed by atoms with van der Waals surface area (Å²) in [6.45, 7) is 10.1. The zero-order valence-electron chi connectivity index (χ0n) is 38.2. The van der Waals surface area contributed by atoms with Crippen LogP contribution in [-0.2, 0) is 47.1 Å². The second-order valence-electron chi connectivity index (χ2n) is 16.8. The van der Waals surface area contributed by atoms with Crippen molar-refractivity contribution >= 4 is 53.7 Å². The predicted octanol–water partition coefficient (Wildman–Crippen LogP) is -0.421. The number of pyridine rings is 1. The van der Waals surface area contributed by atoms with Gasteiger partial charge in [0.15, 0.2) is 5.71 Å². The van der Waals surface area contributed by atoms with E-state index in [4.69, 9.17) is 15.1 Å². The first-order valence-corrected chi connectivity index (χ1v) is 24.8. The Bertz CT molecular complexity index is 3100. The number of aliphatic imine (C=N–C) groups is 2. The van der Waals surface area contributed by atoms with E-state index >= 15 is 0 Å². The second kappa shape index (κ2) is 23.0. The fourth-order valence-electron chi connectivity index (χ4n) is 7.33. The molecule has 1 N–H and O–H groups in total. The Morgan fingerprint density at radius 1 is 0.806 bits per heavy atom. The molecule has 1 unspecified atom stereocenters. The first-order valence-electron chi connectivity index (χ1n) is 20.5. The van der Waals surface area contributed by atoms with E-state index in [-0.39, 0.29) is 132 Å². The standard InChI is InChI=1S/C47H48N4O11S3.2K/c1-32(63(54,55)56)25-27-51-31-36(16-14-34-19-23-38(24-20-34)65(60,61)62)29-40-45(51)49-42(47(40,4)5)11-9-10-41-46(2,3)39-28-35(15-13-33-17-21-37(22-18-33)64(57,58)59)30-50(44(39)48-41)26-8-6-7-12-43(52)53;;/h9-11,17-24,28-32H,6-8,12,25-27H2,1-5H3,(H3-,52,53,54,55,56,57,58,59,60,61,62);;/q;2*+1/p-2. The predicted molar refractivity (Wildman–Crippen MR) is 240 cm³/mol. The Labute approximate surface area is 477 Å². The summed E-state index contributed by atoms with van der Waals surface area (Å²) in [5.74, 6) is 12.7. The minimum absolute atomic E-state index is 0. The maximum atomic E-state index is 11.8. The Morgan fingerprint density at radius 2 is 1.37 bits per heavy atom. The molecular formula is C47H46K2N4O11S3. The van der Waals surface area contributed by atoms with Crippen molar-refractivity contribution in [1.82, 2.24) is 4.90 Å². The first-order chi connectivity index (χ1) is 30.3. The van der Waals surface area contributed by atoms with Gasteiger partial charge in [-0.25, -0.2) is 34.8 Å². The minimum atomic E-state index is -4.63. The summed E-state index contributed by atoms with van der Waals surface area (Å²) in [6.07, 6.45) is 13.1. The van der Waals surface area contributed by atoms with Crippen LogP contribution in [-0.4, -0.2) is 78.2 Å². The molecule has 1 aromatic heterocycles. The van der Waals surface area contributed by atoms with Crippen LogP contribution in [0, 0.1) is 29.1 Å². The SMILES string of the molecule is CC(CCN1C=C(C#Cc2ccc(S(=O)(=O)[O-])cc2)C=C2C1=N/C(=C\C=C\C1=Nc3c(cc(C#Cc4ccc(S(=O)(=O)[O-])cc4)c[n+]3CCCCCC(=O)O)C1(C)C)C2(C)C)S(=O)(=O)[O-].[K+].[K+]. The summed E-state index contributed by atoms with van der Waals surface area (Å²) in [5.41, 5.74) is 4.06. The summed E-state index contributed by atoms with van der Waals surface area (Å²) in [4.78, 5) is 22.2. The van der Waals surface area contributed by atoms with Gasteiger partial charge in [-0.05, 0) is 124 Å². The van der Waals surface area contributed by atoms with E-state index in [1.54, 1.807) is 11.1 Å². The number of unbranched alkanes of at least 4 members (excludes halogenated alkanes) is 2. The number of nitrogens with zero attached hydrogens (tertiary/aromatic N) is 4. The molecule has 6 rings (SSSR count). The van der Waals surface area contributed by atoms with Gasteiger partial charge in [-0.1, -0.05) is 43.6 Å². The molecule has 0 spiro atoms. The second-order valence-corrected chi connectivity index (χ2v) is 21.4. The van der Waals surface area contributed by atoms with Crippen molar-refractivity contribution in [3.63, 3.8) is 0 Å². The van der Waals surface area contributed by atoms with Crippen molar-refractivity contribution in [1.29, 1.82) is 0 Å². The molecule has 0 saturated heterocycles. The molecule has 0 amide bonds. The number of carboxylic acid groups (broad SMARTS) is 1. The van der Waals surface area contributed by atoms with Crippen molar-refractivity contribution in [2.45, 2.75) is 93.7 Å². The average molecular weight is 1020 g/mol. The molecule has 4 heterocycles. The van der Waals surface area contributed by atoms with Gasteiger partial charge < -0.3 is 23.7 Å². The number of rotatable bonds is 14. The monoisotopic (exact) mass is 1020 g/mol. The van der Waals surface area contributed by atoms with Crippen LogP contribution in [0.4, 0.5) is 5.82 Å². The van der Waals surface area contributed by atoms with Gasteiger partial charge in [0.1, 0.15) is 32.3 Å². The molecule has 0 fully saturated rings. The molecule has 0 saturated carbocycles. The van der Waals surface area contributed by atoms with Gasteiger partial charge in [0.25, 0.3) is 0 Å². The van der Waals surface area contributed by atoms with Crippen molar-refractivity contribution in [3.8, 4) is 23.7 Å². The summed E-state index contributed by atoms with van der Waals surface area (Å²) >= 11 is 0. The van der Waals surface area contributed by atoms with Crippen LogP contribution in [0.25, 0.3) is 0 Å². The number of aliphatic carboxylic acids is 1. The van der Waals surface area contributed by atoms with Crippen LogP contribution in [0.1, 0.15) is 89.0 Å². The topological polar surface area (TPSA) is 241 Å². The molecule has 3 aliphatic heterocycles. The van der Waals surface area contributed by atoms with E-state index in [9.17, 15) is 43.7 Å². The van der Waals surface area contributed by atoms with Crippen LogP contribution >= 0.6 is 0 Å². The summed E-state index contributed by atoms with van der Waals surface area (Å²) < 4.78 is 106. The molecule has 67 heavy (non-hydrogen) atoms.